The highest BCUT2D eigenvalue weighted by atomic mass is 16.5. The zero-order valence-electron chi connectivity index (χ0n) is 17.0. The number of hydrogen-bond acceptors (Lipinski definition) is 5. The first-order valence-corrected chi connectivity index (χ1v) is 9.94. The molecule has 1 unspecified atom stereocenters. The van der Waals surface area contributed by atoms with Crippen LogP contribution < -0.4 is 10.3 Å². The van der Waals surface area contributed by atoms with Crippen LogP contribution in [0.5, 0.6) is 5.75 Å². The van der Waals surface area contributed by atoms with Gasteiger partial charge in [-0.05, 0) is 49.7 Å². The molecule has 0 radical (unpaired) electrons. The summed E-state index contributed by atoms with van der Waals surface area (Å²) in [5.41, 5.74) is 3.98. The second-order valence-corrected chi connectivity index (χ2v) is 7.33. The van der Waals surface area contributed by atoms with E-state index in [1.807, 2.05) is 60.0 Å². The smallest absolute Gasteiger partial charge is 0.265 e. The third kappa shape index (κ3) is 2.66. The monoisotopic (exact) mass is 399 g/mol. The third-order valence-electron chi connectivity index (χ3n) is 5.59. The number of para-hydroxylation sites is 2. The molecule has 0 amide bonds. The molecule has 5 aromatic rings. The predicted octanol–water partition coefficient (Wildman–Crippen LogP) is 4.26. The van der Waals surface area contributed by atoms with Crippen molar-refractivity contribution in [1.29, 1.82) is 0 Å². The summed E-state index contributed by atoms with van der Waals surface area (Å²) in [6, 6.07) is 15.3. The summed E-state index contributed by atoms with van der Waals surface area (Å²) in [5, 5.41) is 0.488. The van der Waals surface area contributed by atoms with E-state index < -0.39 is 0 Å². The van der Waals surface area contributed by atoms with Gasteiger partial charge in [0.2, 0.25) is 0 Å². The molecule has 3 aromatic heterocycles. The summed E-state index contributed by atoms with van der Waals surface area (Å²) in [6.07, 6.45) is 2.45. The maximum absolute atomic E-state index is 13.4. The minimum atomic E-state index is -0.101. The lowest BCUT2D eigenvalue weighted by molar-refractivity contribution is 0.415. The van der Waals surface area contributed by atoms with Crippen molar-refractivity contribution < 1.29 is 4.74 Å². The molecule has 0 aliphatic carbocycles. The van der Waals surface area contributed by atoms with Gasteiger partial charge in [0.05, 0.1) is 18.1 Å². The first-order chi connectivity index (χ1) is 14.6. The summed E-state index contributed by atoms with van der Waals surface area (Å²) >= 11 is 0. The molecule has 150 valence electrons. The van der Waals surface area contributed by atoms with E-state index >= 15 is 0 Å². The van der Waals surface area contributed by atoms with Gasteiger partial charge < -0.3 is 4.74 Å². The van der Waals surface area contributed by atoms with Crippen LogP contribution in [-0.2, 0) is 0 Å². The van der Waals surface area contributed by atoms with Gasteiger partial charge in [0.25, 0.3) is 5.56 Å². The molecule has 0 saturated heterocycles. The summed E-state index contributed by atoms with van der Waals surface area (Å²) in [5.74, 6) is 0.753. The predicted molar refractivity (Wildman–Crippen MR) is 117 cm³/mol. The van der Waals surface area contributed by atoms with Crippen molar-refractivity contribution in [1.82, 2.24) is 24.1 Å². The van der Waals surface area contributed by atoms with Crippen molar-refractivity contribution in [3.8, 4) is 11.4 Å². The number of nitrogens with zero attached hydrogens (tertiary/aromatic N) is 5. The van der Waals surface area contributed by atoms with E-state index in [0.29, 0.717) is 22.2 Å². The fraction of sp³-hybridized carbons (Fsp3) is 0.217. The number of benzene rings is 2. The fourth-order valence-corrected chi connectivity index (χ4v) is 3.74. The van der Waals surface area contributed by atoms with Gasteiger partial charge in [0.15, 0.2) is 11.3 Å². The number of hydrogen-bond donors (Lipinski definition) is 0. The quantitative estimate of drug-likeness (QED) is 0.451. The molecular weight excluding hydrogens is 378 g/mol. The molecule has 30 heavy (non-hydrogen) atoms. The van der Waals surface area contributed by atoms with Crippen LogP contribution in [0.25, 0.3) is 38.9 Å². The fourth-order valence-electron chi connectivity index (χ4n) is 3.74. The van der Waals surface area contributed by atoms with E-state index in [0.717, 1.165) is 28.9 Å². The van der Waals surface area contributed by atoms with E-state index in [2.05, 4.69) is 11.9 Å². The van der Waals surface area contributed by atoms with Crippen LogP contribution in [-0.4, -0.2) is 31.2 Å². The molecule has 0 N–H and O–H groups in total. The van der Waals surface area contributed by atoms with Crippen LogP contribution in [0.1, 0.15) is 26.3 Å². The Hall–Kier alpha value is -3.74. The van der Waals surface area contributed by atoms with Crippen molar-refractivity contribution in [2.75, 3.05) is 7.11 Å². The second kappa shape index (κ2) is 6.95. The van der Waals surface area contributed by atoms with E-state index in [9.17, 15) is 4.79 Å². The van der Waals surface area contributed by atoms with E-state index in [4.69, 9.17) is 14.7 Å². The van der Waals surface area contributed by atoms with Crippen LogP contribution in [0.15, 0.2) is 59.7 Å². The van der Waals surface area contributed by atoms with Crippen LogP contribution in [0.3, 0.4) is 0 Å². The van der Waals surface area contributed by atoms with Gasteiger partial charge >= 0.3 is 0 Å². The Morgan fingerprint density at radius 3 is 2.37 bits per heavy atom. The van der Waals surface area contributed by atoms with Crippen LogP contribution >= 0.6 is 0 Å². The normalized spacial score (nSPS) is 12.6. The van der Waals surface area contributed by atoms with Gasteiger partial charge in [-0.25, -0.2) is 15.0 Å². The Kier molecular flexibility index (Phi) is 4.24. The Balaban J connectivity index is 1.94. The maximum atomic E-state index is 13.4. The molecule has 0 saturated carbocycles. The Morgan fingerprint density at radius 2 is 1.70 bits per heavy atom. The standard InChI is InChI=1S/C23H21N5O2/c1-4-14(2)27-13-24-21-19(23(27)29)20-22(26-18-8-6-5-7-17(18)25-20)28(21)15-9-11-16(30-3)12-10-15/h5-14H,4H2,1-3H3. The molecule has 3 heterocycles. The summed E-state index contributed by atoms with van der Waals surface area (Å²) in [6.45, 7) is 4.06. The van der Waals surface area contributed by atoms with Gasteiger partial charge in [0.1, 0.15) is 23.0 Å². The van der Waals surface area contributed by atoms with Crippen LogP contribution in [0.2, 0.25) is 0 Å². The molecule has 5 rings (SSSR count). The Morgan fingerprint density at radius 1 is 1.00 bits per heavy atom. The summed E-state index contributed by atoms with van der Waals surface area (Å²) < 4.78 is 8.86. The summed E-state index contributed by atoms with van der Waals surface area (Å²) in [4.78, 5) is 27.8. The van der Waals surface area contributed by atoms with Crippen molar-refractivity contribution in [3.05, 3.63) is 65.2 Å². The van der Waals surface area contributed by atoms with Crippen molar-refractivity contribution in [2.24, 2.45) is 0 Å². The van der Waals surface area contributed by atoms with Gasteiger partial charge in [-0.15, -0.1) is 0 Å². The molecule has 0 aliphatic rings. The minimum absolute atomic E-state index is 0.0437. The van der Waals surface area contributed by atoms with Crippen LogP contribution in [0.4, 0.5) is 0 Å². The molecule has 7 heteroatoms. The highest BCUT2D eigenvalue weighted by molar-refractivity contribution is 6.05. The molecule has 1 atom stereocenters. The number of ether oxygens (including phenoxy) is 1. The average molecular weight is 399 g/mol. The largest absolute Gasteiger partial charge is 0.497 e. The first kappa shape index (κ1) is 18.3. The van der Waals surface area contributed by atoms with Gasteiger partial charge in [-0.2, -0.15) is 0 Å². The van der Waals surface area contributed by atoms with E-state index in [-0.39, 0.29) is 11.6 Å². The Labute approximate surface area is 172 Å². The number of rotatable bonds is 4. The van der Waals surface area contributed by atoms with Crippen LogP contribution in [0, 0.1) is 0 Å². The highest BCUT2D eigenvalue weighted by Crippen LogP contribution is 2.29. The molecule has 0 aliphatic heterocycles. The molecule has 2 aromatic carbocycles. The first-order valence-electron chi connectivity index (χ1n) is 9.94. The van der Waals surface area contributed by atoms with Crippen molar-refractivity contribution in [2.45, 2.75) is 26.3 Å². The average Bonchev–Trinajstić information content (AvgIpc) is 3.11. The molecular formula is C23H21N5O2. The lowest BCUT2D eigenvalue weighted by Gasteiger charge is -2.12. The zero-order chi connectivity index (χ0) is 20.8. The highest BCUT2D eigenvalue weighted by Gasteiger charge is 2.21. The number of fused-ring (bicyclic) bond motifs is 4. The summed E-state index contributed by atoms with van der Waals surface area (Å²) in [7, 11) is 1.63. The lowest BCUT2D eigenvalue weighted by Crippen LogP contribution is -2.23. The van der Waals surface area contributed by atoms with Gasteiger partial charge in [-0.1, -0.05) is 19.1 Å². The third-order valence-corrected chi connectivity index (χ3v) is 5.59. The maximum Gasteiger partial charge on any atom is 0.265 e. The molecule has 0 bridgehead atoms. The minimum Gasteiger partial charge on any atom is -0.497 e. The van der Waals surface area contributed by atoms with Gasteiger partial charge in [-0.3, -0.25) is 13.9 Å². The molecule has 7 nitrogen and oxygen atoms in total. The molecule has 0 spiro atoms. The lowest BCUT2D eigenvalue weighted by atomic mass is 10.2. The van der Waals surface area contributed by atoms with Gasteiger partial charge in [0, 0.05) is 11.7 Å². The number of methoxy groups -OCH3 is 1. The van der Waals surface area contributed by atoms with Crippen molar-refractivity contribution >= 4 is 33.2 Å². The molecule has 0 fully saturated rings. The SMILES string of the molecule is CCC(C)n1cnc2c(c1=O)c1nc3ccccc3nc1n2-c1ccc(OC)cc1. The van der Waals surface area contributed by atoms with E-state index in [1.54, 1.807) is 18.0 Å². The zero-order valence-corrected chi connectivity index (χ0v) is 17.0. The second-order valence-electron chi connectivity index (χ2n) is 7.33. The van der Waals surface area contributed by atoms with E-state index in [1.165, 1.54) is 0 Å². The number of aromatic nitrogens is 5. The topological polar surface area (TPSA) is 74.8 Å². The van der Waals surface area contributed by atoms with Crippen molar-refractivity contribution in [3.63, 3.8) is 0 Å². The Bertz CT molecular complexity index is 1450.